The molecule has 27 heavy (non-hydrogen) atoms. The normalized spacial score (nSPS) is 15.8. The van der Waals surface area contributed by atoms with Crippen molar-refractivity contribution in [2.45, 2.75) is 32.1 Å². The zero-order valence-corrected chi connectivity index (χ0v) is 20.0. The van der Waals surface area contributed by atoms with Gasteiger partial charge >= 0.3 is 0 Å². The number of nitrogens with zero attached hydrogens (tertiary/aromatic N) is 1. The molecule has 2 N–H and O–H groups in total. The van der Waals surface area contributed by atoms with Gasteiger partial charge in [0.25, 0.3) is 0 Å². The molecule has 0 saturated heterocycles. The first-order valence-electron chi connectivity index (χ1n) is 8.73. The number of aliphatic imine (C=N–C) groups is 1. The van der Waals surface area contributed by atoms with E-state index in [9.17, 15) is 12.8 Å². The fraction of sp³-hybridized carbons (Fsp3) is 0.611. The lowest BCUT2D eigenvalue weighted by atomic mass is 10.1. The van der Waals surface area contributed by atoms with Crippen LogP contribution < -0.4 is 10.6 Å². The number of sulfone groups is 1. The molecule has 0 aliphatic heterocycles. The highest BCUT2D eigenvalue weighted by Crippen LogP contribution is 2.45. The summed E-state index contributed by atoms with van der Waals surface area (Å²) in [6, 6.07) is 4.80. The largest absolute Gasteiger partial charge is 0.357 e. The summed E-state index contributed by atoms with van der Waals surface area (Å²) < 4.78 is 36.6. The number of rotatable bonds is 9. The molecule has 9 heteroatoms. The van der Waals surface area contributed by atoms with E-state index in [0.29, 0.717) is 25.6 Å². The third kappa shape index (κ3) is 8.55. The Balaban J connectivity index is 0.00000364. The number of hydrogen-bond acceptors (Lipinski definition) is 4. The summed E-state index contributed by atoms with van der Waals surface area (Å²) in [7, 11) is -2.99. The minimum Gasteiger partial charge on any atom is -0.357 e. The van der Waals surface area contributed by atoms with Crippen molar-refractivity contribution < 1.29 is 12.8 Å². The number of guanidine groups is 1. The van der Waals surface area contributed by atoms with E-state index in [1.165, 1.54) is 12.3 Å². The second kappa shape index (κ2) is 10.8. The number of nitrogens with one attached hydrogen (secondary N) is 2. The van der Waals surface area contributed by atoms with Gasteiger partial charge in [0.1, 0.15) is 15.7 Å². The SMILES string of the molecule is CCNC(=NCc1ccc(F)cc1CSC)NCC1(CS(C)(=O)=O)CC1.I. The molecule has 0 aromatic heterocycles. The molecule has 0 unspecified atom stereocenters. The lowest BCUT2D eigenvalue weighted by molar-refractivity contribution is 0.529. The summed E-state index contributed by atoms with van der Waals surface area (Å²) in [4.78, 5) is 4.60. The molecule has 0 radical (unpaired) electrons. The summed E-state index contributed by atoms with van der Waals surface area (Å²) in [5.74, 6) is 1.38. The van der Waals surface area contributed by atoms with Crippen molar-refractivity contribution in [3.05, 3.63) is 35.1 Å². The van der Waals surface area contributed by atoms with E-state index in [0.717, 1.165) is 29.7 Å². The Bertz CT molecular complexity index is 753. The molecule has 154 valence electrons. The number of hydrogen-bond donors (Lipinski definition) is 2. The van der Waals surface area contributed by atoms with Crippen molar-refractivity contribution in [3.8, 4) is 0 Å². The quantitative estimate of drug-likeness (QED) is 0.292. The lowest BCUT2D eigenvalue weighted by Gasteiger charge is -2.18. The van der Waals surface area contributed by atoms with Crippen LogP contribution in [0.15, 0.2) is 23.2 Å². The molecule has 1 aliphatic carbocycles. The van der Waals surface area contributed by atoms with Crippen molar-refractivity contribution >= 4 is 51.5 Å². The summed E-state index contributed by atoms with van der Waals surface area (Å²) >= 11 is 1.65. The van der Waals surface area contributed by atoms with Crippen LogP contribution in [-0.4, -0.2) is 45.7 Å². The summed E-state index contributed by atoms with van der Waals surface area (Å²) in [6.07, 6.45) is 5.11. The molecular formula is C18H29FIN3O2S2. The number of benzene rings is 1. The van der Waals surface area contributed by atoms with Gasteiger partial charge in [-0.3, -0.25) is 0 Å². The fourth-order valence-electron chi connectivity index (χ4n) is 2.92. The molecule has 1 aromatic carbocycles. The first-order valence-corrected chi connectivity index (χ1v) is 12.2. The molecule has 0 spiro atoms. The standard InChI is InChI=1S/C18H28FN3O2S2.HI/c1-4-20-17(22-12-18(7-8-18)13-26(3,23)24)21-10-14-5-6-16(19)9-15(14)11-25-2;/h5-6,9H,4,7-8,10-13H2,1-3H3,(H2,20,21,22);1H. The van der Waals surface area contributed by atoms with E-state index in [2.05, 4.69) is 15.6 Å². The zero-order valence-electron chi connectivity index (χ0n) is 16.0. The smallest absolute Gasteiger partial charge is 0.191 e. The van der Waals surface area contributed by atoms with Gasteiger partial charge < -0.3 is 10.6 Å². The van der Waals surface area contributed by atoms with Crippen LogP contribution in [0.2, 0.25) is 0 Å². The van der Waals surface area contributed by atoms with Gasteiger partial charge in [0, 0.05) is 30.5 Å². The van der Waals surface area contributed by atoms with E-state index < -0.39 is 9.84 Å². The molecule has 1 saturated carbocycles. The molecule has 0 atom stereocenters. The zero-order chi connectivity index (χ0) is 19.2. The molecule has 0 amide bonds. The first-order chi connectivity index (χ1) is 12.3. The number of thioether (sulfide) groups is 1. The highest BCUT2D eigenvalue weighted by molar-refractivity contribution is 14.0. The third-order valence-corrected chi connectivity index (χ3v) is 6.11. The minimum absolute atomic E-state index is 0. The second-order valence-electron chi connectivity index (χ2n) is 6.96. The Kier molecular flexibility index (Phi) is 9.84. The van der Waals surface area contributed by atoms with Crippen LogP contribution in [0.1, 0.15) is 30.9 Å². The third-order valence-electron chi connectivity index (χ3n) is 4.38. The van der Waals surface area contributed by atoms with E-state index in [1.54, 1.807) is 23.9 Å². The monoisotopic (exact) mass is 529 g/mol. The Morgan fingerprint density at radius 3 is 2.56 bits per heavy atom. The van der Waals surface area contributed by atoms with Gasteiger partial charge in [-0.05, 0) is 49.3 Å². The summed E-state index contributed by atoms with van der Waals surface area (Å²) in [5, 5.41) is 6.46. The van der Waals surface area contributed by atoms with Crippen LogP contribution >= 0.6 is 35.7 Å². The van der Waals surface area contributed by atoms with Crippen molar-refractivity contribution in [2.24, 2.45) is 10.4 Å². The van der Waals surface area contributed by atoms with Gasteiger partial charge in [0.05, 0.1) is 12.3 Å². The maximum absolute atomic E-state index is 13.5. The second-order valence-corrected chi connectivity index (χ2v) is 9.97. The average molecular weight is 529 g/mol. The van der Waals surface area contributed by atoms with E-state index in [1.807, 2.05) is 13.2 Å². The Morgan fingerprint density at radius 2 is 2.00 bits per heavy atom. The maximum atomic E-state index is 13.5. The topological polar surface area (TPSA) is 70.6 Å². The molecule has 2 rings (SSSR count). The molecule has 5 nitrogen and oxygen atoms in total. The van der Waals surface area contributed by atoms with E-state index in [4.69, 9.17) is 0 Å². The fourth-order valence-corrected chi connectivity index (χ4v) is 5.00. The molecule has 0 heterocycles. The van der Waals surface area contributed by atoms with Crippen LogP contribution in [-0.2, 0) is 22.1 Å². The van der Waals surface area contributed by atoms with Gasteiger partial charge in [-0.25, -0.2) is 17.8 Å². The highest BCUT2D eigenvalue weighted by atomic mass is 127. The van der Waals surface area contributed by atoms with Crippen LogP contribution in [0.4, 0.5) is 4.39 Å². The Morgan fingerprint density at radius 1 is 1.30 bits per heavy atom. The summed E-state index contributed by atoms with van der Waals surface area (Å²) in [5.41, 5.74) is 1.78. The van der Waals surface area contributed by atoms with E-state index >= 15 is 0 Å². The maximum Gasteiger partial charge on any atom is 0.191 e. The van der Waals surface area contributed by atoms with E-state index in [-0.39, 0.29) is 41.0 Å². The Hall–Kier alpha value is -0.550. The lowest BCUT2D eigenvalue weighted by Crippen LogP contribution is -2.41. The van der Waals surface area contributed by atoms with Crippen LogP contribution in [0.5, 0.6) is 0 Å². The highest BCUT2D eigenvalue weighted by Gasteiger charge is 2.45. The summed E-state index contributed by atoms with van der Waals surface area (Å²) in [6.45, 7) is 3.74. The van der Waals surface area contributed by atoms with Crippen LogP contribution in [0.25, 0.3) is 0 Å². The molecule has 0 bridgehead atoms. The molecular weight excluding hydrogens is 500 g/mol. The first kappa shape index (κ1) is 24.5. The minimum atomic E-state index is -2.99. The van der Waals surface area contributed by atoms with Crippen molar-refractivity contribution in [3.63, 3.8) is 0 Å². The van der Waals surface area contributed by atoms with Gasteiger partial charge in [-0.2, -0.15) is 11.8 Å². The van der Waals surface area contributed by atoms with Gasteiger partial charge in [0.15, 0.2) is 5.96 Å². The van der Waals surface area contributed by atoms with Crippen LogP contribution in [0, 0.1) is 11.2 Å². The average Bonchev–Trinajstić information content (AvgIpc) is 3.29. The molecule has 1 fully saturated rings. The van der Waals surface area contributed by atoms with Gasteiger partial charge in [-0.15, -0.1) is 24.0 Å². The molecule has 1 aliphatic rings. The van der Waals surface area contributed by atoms with Crippen LogP contribution in [0.3, 0.4) is 0 Å². The van der Waals surface area contributed by atoms with Gasteiger partial charge in [0.2, 0.25) is 0 Å². The van der Waals surface area contributed by atoms with Crippen molar-refractivity contribution in [1.82, 2.24) is 10.6 Å². The predicted octanol–water partition coefficient (Wildman–Crippen LogP) is 3.19. The van der Waals surface area contributed by atoms with Crippen molar-refractivity contribution in [2.75, 3.05) is 31.4 Å². The molecule has 1 aromatic rings. The van der Waals surface area contributed by atoms with Crippen molar-refractivity contribution in [1.29, 1.82) is 0 Å². The Labute approximate surface area is 183 Å². The number of halogens is 2. The predicted molar refractivity (Wildman–Crippen MR) is 123 cm³/mol. The van der Waals surface area contributed by atoms with Gasteiger partial charge in [-0.1, -0.05) is 6.07 Å².